The van der Waals surface area contributed by atoms with Crippen LogP contribution in [0.3, 0.4) is 0 Å². The maximum absolute atomic E-state index is 13.7. The maximum atomic E-state index is 13.7. The Bertz CT molecular complexity index is 721. The largest absolute Gasteiger partial charge is 0.309 e. The Morgan fingerprint density at radius 2 is 1.95 bits per heavy atom. The molecule has 5 nitrogen and oxygen atoms in total. The Labute approximate surface area is 124 Å². The zero-order valence-electron chi connectivity index (χ0n) is 10.9. The minimum atomic E-state index is -0.678. The lowest BCUT2D eigenvalue weighted by Crippen LogP contribution is -2.27. The number of nitrogens with zero attached hydrogens (tertiary/aromatic N) is 2. The summed E-state index contributed by atoms with van der Waals surface area (Å²) in [4.78, 5) is 23.5. The van der Waals surface area contributed by atoms with E-state index in [9.17, 15) is 19.3 Å². The van der Waals surface area contributed by atoms with Crippen molar-refractivity contribution in [1.29, 1.82) is 0 Å². The average Bonchev–Trinajstić information content (AvgIpc) is 2.46. The van der Waals surface area contributed by atoms with Gasteiger partial charge in [-0.1, -0.05) is 23.7 Å². The van der Waals surface area contributed by atoms with E-state index in [-0.39, 0.29) is 22.0 Å². The Balaban J connectivity index is 2.39. The molecule has 0 aliphatic rings. The standard InChI is InChI=1S/C14H10ClFN2O3/c1-17(12-5-3-2-4-11(12)16)14(19)9-6-7-10(15)13(8-9)18(20)21/h2-8H,1H3. The molecule has 0 aliphatic heterocycles. The van der Waals surface area contributed by atoms with Gasteiger partial charge in [-0.25, -0.2) is 4.39 Å². The fourth-order valence-corrected chi connectivity index (χ4v) is 2.00. The van der Waals surface area contributed by atoms with Crippen LogP contribution < -0.4 is 4.90 Å². The monoisotopic (exact) mass is 308 g/mol. The van der Waals surface area contributed by atoms with Crippen molar-refractivity contribution in [1.82, 2.24) is 0 Å². The molecule has 108 valence electrons. The molecule has 2 aromatic carbocycles. The molecule has 2 aromatic rings. The minimum Gasteiger partial charge on any atom is -0.309 e. The number of para-hydroxylation sites is 1. The van der Waals surface area contributed by atoms with Crippen molar-refractivity contribution in [2.24, 2.45) is 0 Å². The molecule has 0 heterocycles. The number of benzene rings is 2. The topological polar surface area (TPSA) is 63.5 Å². The van der Waals surface area contributed by atoms with Crippen LogP contribution in [0.2, 0.25) is 5.02 Å². The molecule has 0 atom stereocenters. The van der Waals surface area contributed by atoms with E-state index in [2.05, 4.69) is 0 Å². The lowest BCUT2D eigenvalue weighted by molar-refractivity contribution is -0.384. The number of anilines is 1. The second kappa shape index (κ2) is 5.88. The van der Waals surface area contributed by atoms with E-state index in [1.165, 1.54) is 37.4 Å². The van der Waals surface area contributed by atoms with Crippen LogP contribution in [-0.2, 0) is 0 Å². The molecule has 0 bridgehead atoms. The van der Waals surface area contributed by atoms with Crippen molar-refractivity contribution in [3.63, 3.8) is 0 Å². The number of amides is 1. The summed E-state index contributed by atoms with van der Waals surface area (Å²) in [7, 11) is 1.39. The van der Waals surface area contributed by atoms with Gasteiger partial charge in [0.25, 0.3) is 11.6 Å². The predicted molar refractivity (Wildman–Crippen MR) is 77.2 cm³/mol. The summed E-state index contributed by atoms with van der Waals surface area (Å²) in [6, 6.07) is 9.46. The van der Waals surface area contributed by atoms with Crippen LogP contribution in [0.1, 0.15) is 10.4 Å². The van der Waals surface area contributed by atoms with Gasteiger partial charge in [0.2, 0.25) is 0 Å². The van der Waals surface area contributed by atoms with Crippen molar-refractivity contribution in [3.8, 4) is 0 Å². The third kappa shape index (κ3) is 3.00. The van der Waals surface area contributed by atoms with Crippen molar-refractivity contribution in [2.75, 3.05) is 11.9 Å². The summed E-state index contributed by atoms with van der Waals surface area (Å²) < 4.78 is 13.7. The zero-order valence-corrected chi connectivity index (χ0v) is 11.7. The fourth-order valence-electron chi connectivity index (χ4n) is 1.81. The van der Waals surface area contributed by atoms with Crippen molar-refractivity contribution < 1.29 is 14.1 Å². The number of hydrogen-bond acceptors (Lipinski definition) is 3. The summed E-state index contributed by atoms with van der Waals surface area (Å²) >= 11 is 5.69. The Hall–Kier alpha value is -2.47. The smallest absolute Gasteiger partial charge is 0.288 e. The molecule has 0 radical (unpaired) electrons. The van der Waals surface area contributed by atoms with Crippen LogP contribution in [0.4, 0.5) is 15.8 Å². The fraction of sp³-hybridized carbons (Fsp3) is 0.0714. The van der Waals surface area contributed by atoms with Gasteiger partial charge in [-0.05, 0) is 24.3 Å². The number of nitro benzene ring substituents is 1. The lowest BCUT2D eigenvalue weighted by Gasteiger charge is -2.18. The van der Waals surface area contributed by atoms with Gasteiger partial charge in [-0.15, -0.1) is 0 Å². The molecular formula is C14H10ClFN2O3. The third-order valence-corrected chi connectivity index (χ3v) is 3.23. The number of rotatable bonds is 3. The first kappa shape index (κ1) is 14.9. The van der Waals surface area contributed by atoms with Crippen molar-refractivity contribution in [2.45, 2.75) is 0 Å². The van der Waals surface area contributed by atoms with Gasteiger partial charge in [0.15, 0.2) is 0 Å². The van der Waals surface area contributed by atoms with Gasteiger partial charge in [-0.2, -0.15) is 0 Å². The van der Waals surface area contributed by atoms with Gasteiger partial charge >= 0.3 is 0 Å². The minimum absolute atomic E-state index is 0.0526. The van der Waals surface area contributed by atoms with Crippen LogP contribution in [0.25, 0.3) is 0 Å². The molecule has 0 spiro atoms. The highest BCUT2D eigenvalue weighted by Crippen LogP contribution is 2.26. The molecule has 7 heteroatoms. The Morgan fingerprint density at radius 1 is 1.29 bits per heavy atom. The molecule has 2 rings (SSSR count). The molecule has 0 aromatic heterocycles. The summed E-state index contributed by atoms with van der Waals surface area (Å²) in [5.74, 6) is -1.13. The predicted octanol–water partition coefficient (Wildman–Crippen LogP) is 3.66. The van der Waals surface area contributed by atoms with E-state index in [0.29, 0.717) is 0 Å². The SMILES string of the molecule is CN(C(=O)c1ccc(Cl)c([N+](=O)[O-])c1)c1ccccc1F. The zero-order chi connectivity index (χ0) is 15.6. The van der Waals surface area contributed by atoms with Crippen LogP contribution in [0, 0.1) is 15.9 Å². The number of carbonyl (C=O) groups excluding carboxylic acids is 1. The van der Waals surface area contributed by atoms with Gasteiger partial charge in [0.05, 0.1) is 10.6 Å². The first-order valence-corrected chi connectivity index (χ1v) is 6.26. The van der Waals surface area contributed by atoms with Crippen LogP contribution in [0.15, 0.2) is 42.5 Å². The first-order valence-electron chi connectivity index (χ1n) is 5.88. The molecule has 1 amide bonds. The Morgan fingerprint density at radius 3 is 2.57 bits per heavy atom. The number of nitro groups is 1. The van der Waals surface area contributed by atoms with E-state index in [0.717, 1.165) is 11.0 Å². The van der Waals surface area contributed by atoms with Gasteiger partial charge in [-0.3, -0.25) is 14.9 Å². The average molecular weight is 309 g/mol. The quantitative estimate of drug-likeness (QED) is 0.642. The number of carbonyl (C=O) groups is 1. The molecule has 0 aliphatic carbocycles. The Kier molecular flexibility index (Phi) is 4.18. The second-order valence-electron chi connectivity index (χ2n) is 4.24. The summed E-state index contributed by atoms with van der Waals surface area (Å²) in [6.45, 7) is 0. The number of halogens is 2. The lowest BCUT2D eigenvalue weighted by atomic mass is 10.1. The van der Waals surface area contributed by atoms with Crippen LogP contribution in [0.5, 0.6) is 0 Å². The molecule has 0 unspecified atom stereocenters. The van der Waals surface area contributed by atoms with E-state index in [4.69, 9.17) is 11.6 Å². The van der Waals surface area contributed by atoms with Crippen molar-refractivity contribution >= 4 is 28.9 Å². The van der Waals surface area contributed by atoms with E-state index < -0.39 is 16.6 Å². The molecule has 0 saturated heterocycles. The maximum Gasteiger partial charge on any atom is 0.288 e. The van der Waals surface area contributed by atoms with Crippen LogP contribution in [-0.4, -0.2) is 17.9 Å². The molecule has 0 saturated carbocycles. The van der Waals surface area contributed by atoms with E-state index >= 15 is 0 Å². The molecule has 0 N–H and O–H groups in total. The highest BCUT2D eigenvalue weighted by Gasteiger charge is 2.20. The van der Waals surface area contributed by atoms with Crippen LogP contribution >= 0.6 is 11.6 Å². The summed E-state index contributed by atoms with van der Waals surface area (Å²) in [5, 5.41) is 10.8. The number of hydrogen-bond donors (Lipinski definition) is 0. The highest BCUT2D eigenvalue weighted by molar-refractivity contribution is 6.32. The summed E-state index contributed by atoms with van der Waals surface area (Å²) in [6.07, 6.45) is 0. The van der Waals surface area contributed by atoms with Gasteiger partial charge in [0, 0.05) is 18.7 Å². The van der Waals surface area contributed by atoms with E-state index in [1.807, 2.05) is 0 Å². The summed E-state index contributed by atoms with van der Waals surface area (Å²) in [5.41, 5.74) is -0.235. The van der Waals surface area contributed by atoms with Gasteiger partial charge in [0.1, 0.15) is 10.8 Å². The first-order chi connectivity index (χ1) is 9.91. The second-order valence-corrected chi connectivity index (χ2v) is 4.65. The molecule has 0 fully saturated rings. The van der Waals surface area contributed by atoms with E-state index in [1.54, 1.807) is 6.07 Å². The normalized spacial score (nSPS) is 10.2. The molecular weight excluding hydrogens is 299 g/mol. The molecule has 21 heavy (non-hydrogen) atoms. The van der Waals surface area contributed by atoms with Gasteiger partial charge < -0.3 is 4.90 Å². The third-order valence-electron chi connectivity index (χ3n) is 2.91. The highest BCUT2D eigenvalue weighted by atomic mass is 35.5. The van der Waals surface area contributed by atoms with Crippen molar-refractivity contribution in [3.05, 3.63) is 69.0 Å².